The minimum atomic E-state index is -4.24. The lowest BCUT2D eigenvalue weighted by Gasteiger charge is -2.46. The summed E-state index contributed by atoms with van der Waals surface area (Å²) in [4.78, 5) is 30.8. The van der Waals surface area contributed by atoms with E-state index in [1.165, 1.54) is 31.0 Å². The number of halogens is 1. The molecule has 1 saturated carbocycles. The number of fused-ring (bicyclic) bond motifs is 4. The first-order chi connectivity index (χ1) is 24.4. The average molecular weight is 742 g/mol. The maximum absolute atomic E-state index is 13.7. The van der Waals surface area contributed by atoms with Gasteiger partial charge >= 0.3 is 6.09 Å². The summed E-state index contributed by atoms with van der Waals surface area (Å²) in [6.45, 7) is 8.31. The van der Waals surface area contributed by atoms with E-state index in [0.717, 1.165) is 38.5 Å². The van der Waals surface area contributed by atoms with Crippen molar-refractivity contribution in [3.05, 3.63) is 64.7 Å². The van der Waals surface area contributed by atoms with Crippen molar-refractivity contribution in [1.82, 2.24) is 9.62 Å². The van der Waals surface area contributed by atoms with Gasteiger partial charge in [0.2, 0.25) is 0 Å². The molecule has 13 heteroatoms. The van der Waals surface area contributed by atoms with Crippen molar-refractivity contribution in [1.29, 1.82) is 0 Å². The van der Waals surface area contributed by atoms with Gasteiger partial charge < -0.3 is 28.7 Å². The number of hydrogen-bond donors (Lipinski definition) is 1. The highest BCUT2D eigenvalue weighted by Crippen LogP contribution is 2.47. The van der Waals surface area contributed by atoms with Crippen LogP contribution in [0.5, 0.6) is 5.75 Å². The van der Waals surface area contributed by atoms with Crippen LogP contribution in [0.3, 0.4) is 0 Å². The van der Waals surface area contributed by atoms with Crippen LogP contribution in [0, 0.1) is 11.8 Å². The van der Waals surface area contributed by atoms with Crippen LogP contribution >= 0.6 is 11.6 Å². The van der Waals surface area contributed by atoms with Gasteiger partial charge in [0, 0.05) is 42.6 Å². The van der Waals surface area contributed by atoms with Gasteiger partial charge in [-0.25, -0.2) is 17.9 Å². The van der Waals surface area contributed by atoms with Gasteiger partial charge in [0.05, 0.1) is 36.4 Å². The van der Waals surface area contributed by atoms with E-state index in [2.05, 4.69) is 15.7 Å². The Labute approximate surface area is 305 Å². The first-order valence-corrected chi connectivity index (χ1v) is 20.0. The van der Waals surface area contributed by atoms with Crippen LogP contribution < -0.4 is 14.4 Å². The monoisotopic (exact) mass is 741 g/mol. The Morgan fingerprint density at radius 2 is 1.96 bits per heavy atom. The normalized spacial score (nSPS) is 30.5. The van der Waals surface area contributed by atoms with Crippen molar-refractivity contribution in [3.63, 3.8) is 0 Å². The number of nitrogens with one attached hydrogen (secondary N) is 1. The van der Waals surface area contributed by atoms with Gasteiger partial charge in [0.1, 0.15) is 17.5 Å². The Balaban J connectivity index is 1.25. The quantitative estimate of drug-likeness (QED) is 0.399. The Kier molecular flexibility index (Phi) is 10.1. The molecule has 2 bridgehead atoms. The molecule has 7 rings (SSSR count). The Bertz CT molecular complexity index is 1800. The predicted molar refractivity (Wildman–Crippen MR) is 193 cm³/mol. The minimum absolute atomic E-state index is 0.000578. The standard InChI is InChI=1S/C38H48ClN3O8S/c1-4-47-28-15-17-41(22-28)36(44)50-33-8-6-18-49-37(2,3)35(43)40-51(45,46)29-11-14-34-32(20-29)42(21-26-9-12-30(26)33)23-38(24-48-34)16-5-7-25-19-27(39)10-13-31(25)38/h6,8,10-11,13-14,19-20,26,28,30,33H,4-5,7,9,12,15-18,21-24H2,1-3H3,(H,40,43)/b8-6+/t26-,28+,30+,33-,38-/m0/s1. The third-order valence-electron chi connectivity index (χ3n) is 11.4. The van der Waals surface area contributed by atoms with Crippen LogP contribution in [0.25, 0.3) is 0 Å². The molecule has 2 aromatic carbocycles. The van der Waals surface area contributed by atoms with E-state index < -0.39 is 27.6 Å². The Hall–Kier alpha value is -3.32. The second-order valence-electron chi connectivity index (χ2n) is 15.1. The van der Waals surface area contributed by atoms with Crippen molar-refractivity contribution >= 4 is 39.3 Å². The van der Waals surface area contributed by atoms with Crippen LogP contribution in [-0.2, 0) is 40.9 Å². The van der Waals surface area contributed by atoms with Crippen LogP contribution in [0.2, 0.25) is 5.02 Å². The average Bonchev–Trinajstić information content (AvgIpc) is 3.49. The molecule has 2 aromatic rings. The molecule has 5 atom stereocenters. The Morgan fingerprint density at radius 3 is 2.75 bits per heavy atom. The molecule has 1 spiro atoms. The molecule has 3 heterocycles. The molecule has 51 heavy (non-hydrogen) atoms. The summed E-state index contributed by atoms with van der Waals surface area (Å²) in [5, 5.41) is 0.701. The highest BCUT2D eigenvalue weighted by molar-refractivity contribution is 7.90. The molecule has 0 unspecified atom stereocenters. The van der Waals surface area contributed by atoms with Gasteiger partial charge in [-0.2, -0.15) is 0 Å². The van der Waals surface area contributed by atoms with Crippen molar-refractivity contribution < 1.29 is 37.0 Å². The van der Waals surface area contributed by atoms with Crippen LogP contribution in [0.15, 0.2) is 53.4 Å². The Morgan fingerprint density at radius 1 is 1.12 bits per heavy atom. The number of likely N-dealkylation sites (tertiary alicyclic amines) is 1. The number of rotatable bonds is 3. The number of ether oxygens (including phenoxy) is 4. The summed E-state index contributed by atoms with van der Waals surface area (Å²) in [5.41, 5.74) is 1.25. The lowest BCUT2D eigenvalue weighted by molar-refractivity contribution is -0.139. The predicted octanol–water partition coefficient (Wildman–Crippen LogP) is 5.63. The summed E-state index contributed by atoms with van der Waals surface area (Å²) in [5.74, 6) is -0.0432. The maximum Gasteiger partial charge on any atom is 0.410 e. The number of carbonyl (C=O) groups is 2. The third kappa shape index (κ3) is 7.34. The summed E-state index contributed by atoms with van der Waals surface area (Å²) in [6.07, 6.45) is 8.09. The van der Waals surface area contributed by atoms with E-state index in [1.54, 1.807) is 23.1 Å². The zero-order valence-corrected chi connectivity index (χ0v) is 31.1. The fourth-order valence-electron chi connectivity index (χ4n) is 8.34. The van der Waals surface area contributed by atoms with Crippen molar-refractivity contribution in [2.45, 2.75) is 87.4 Å². The molecule has 2 aliphatic carbocycles. The fraction of sp³-hybridized carbons (Fsp3) is 0.579. The van der Waals surface area contributed by atoms with Crippen LogP contribution in [0.1, 0.15) is 64.0 Å². The third-order valence-corrected chi connectivity index (χ3v) is 12.9. The molecule has 5 aliphatic rings. The summed E-state index contributed by atoms with van der Waals surface area (Å²) in [7, 11) is -4.24. The molecular formula is C38H48ClN3O8S. The molecule has 276 valence electrons. The number of aryl methyl sites for hydroxylation is 1. The maximum atomic E-state index is 13.7. The lowest BCUT2D eigenvalue weighted by Crippen LogP contribution is -2.50. The molecule has 2 fully saturated rings. The van der Waals surface area contributed by atoms with Gasteiger partial charge in [0.15, 0.2) is 0 Å². The van der Waals surface area contributed by atoms with Crippen molar-refractivity contribution in [3.8, 4) is 5.75 Å². The van der Waals surface area contributed by atoms with E-state index in [4.69, 9.17) is 30.5 Å². The molecule has 3 aliphatic heterocycles. The van der Waals surface area contributed by atoms with E-state index in [-0.39, 0.29) is 41.0 Å². The lowest BCUT2D eigenvalue weighted by atomic mass is 9.68. The van der Waals surface area contributed by atoms with E-state index in [0.29, 0.717) is 55.9 Å². The fourth-order valence-corrected chi connectivity index (χ4v) is 9.66. The summed E-state index contributed by atoms with van der Waals surface area (Å²) < 4.78 is 54.0. The van der Waals surface area contributed by atoms with Gasteiger partial charge in [-0.15, -0.1) is 0 Å². The number of sulfonamides is 1. The van der Waals surface area contributed by atoms with Gasteiger partial charge in [-0.05, 0) is 113 Å². The van der Waals surface area contributed by atoms with Crippen molar-refractivity contribution in [2.24, 2.45) is 11.8 Å². The van der Waals surface area contributed by atoms with E-state index >= 15 is 0 Å². The molecule has 2 amide bonds. The topological polar surface area (TPSA) is 124 Å². The highest BCUT2D eigenvalue weighted by Gasteiger charge is 2.45. The molecule has 0 radical (unpaired) electrons. The van der Waals surface area contributed by atoms with Gasteiger partial charge in [0.25, 0.3) is 15.9 Å². The second kappa shape index (κ2) is 14.2. The zero-order chi connectivity index (χ0) is 36.0. The second-order valence-corrected chi connectivity index (χ2v) is 17.2. The number of anilines is 1. The first-order valence-electron chi connectivity index (χ1n) is 18.1. The number of carbonyl (C=O) groups excluding carboxylic acids is 2. The first kappa shape index (κ1) is 36.1. The van der Waals surface area contributed by atoms with Crippen LogP contribution in [-0.4, -0.2) is 89.1 Å². The number of amides is 2. The largest absolute Gasteiger partial charge is 0.490 e. The molecule has 0 aromatic heterocycles. The molecular weight excluding hydrogens is 694 g/mol. The number of hydrogen-bond acceptors (Lipinski definition) is 9. The van der Waals surface area contributed by atoms with E-state index in [9.17, 15) is 18.0 Å². The van der Waals surface area contributed by atoms with Crippen LogP contribution in [0.4, 0.5) is 10.5 Å². The molecule has 1 N–H and O–H groups in total. The highest BCUT2D eigenvalue weighted by atomic mass is 35.5. The SMILES string of the molecule is CCO[C@@H]1CCN(C(=O)O[C@H]2/C=C/COC(C)(C)C(=O)NS(=O)(=O)c3ccc4c(c3)N(C[C@@H]3CC[C@H]32)C[C@@]2(CCCc3cc(Cl)ccc32)CO4)C1. The molecule has 1 saturated heterocycles. The summed E-state index contributed by atoms with van der Waals surface area (Å²) >= 11 is 6.44. The number of nitrogens with zero attached hydrogens (tertiary/aromatic N) is 2. The molecule has 11 nitrogen and oxygen atoms in total. The van der Waals surface area contributed by atoms with Gasteiger partial charge in [-0.1, -0.05) is 23.7 Å². The van der Waals surface area contributed by atoms with Gasteiger partial charge in [-0.3, -0.25) is 4.79 Å². The summed E-state index contributed by atoms with van der Waals surface area (Å²) in [6, 6.07) is 10.9. The van der Waals surface area contributed by atoms with E-state index in [1.807, 2.05) is 25.1 Å². The number of benzene rings is 2. The smallest absolute Gasteiger partial charge is 0.410 e. The zero-order valence-electron chi connectivity index (χ0n) is 29.6. The van der Waals surface area contributed by atoms with Crippen molar-refractivity contribution in [2.75, 3.05) is 50.9 Å². The minimum Gasteiger partial charge on any atom is -0.490 e.